The molecule has 0 aliphatic rings. The monoisotopic (exact) mass is 404 g/mol. The van der Waals surface area contributed by atoms with E-state index in [-0.39, 0.29) is 5.56 Å². The molecule has 0 aliphatic heterocycles. The van der Waals surface area contributed by atoms with Gasteiger partial charge in [-0.3, -0.25) is 0 Å². The van der Waals surface area contributed by atoms with Crippen LogP contribution in [0.15, 0.2) is 34.8 Å². The number of aromatic nitrogens is 2. The van der Waals surface area contributed by atoms with E-state index in [0.717, 1.165) is 10.0 Å². The summed E-state index contributed by atoms with van der Waals surface area (Å²) in [4.78, 5) is 18.8. The molecule has 25 heavy (non-hydrogen) atoms. The number of carboxylic acid groups (broad SMARTS) is 1. The third kappa shape index (κ3) is 3.46. The van der Waals surface area contributed by atoms with Gasteiger partial charge >= 0.3 is 5.97 Å². The maximum atomic E-state index is 11.1. The van der Waals surface area contributed by atoms with Crippen molar-refractivity contribution in [2.45, 2.75) is 13.8 Å². The Morgan fingerprint density at radius 1 is 1.20 bits per heavy atom. The molecule has 0 atom stereocenters. The van der Waals surface area contributed by atoms with Crippen molar-refractivity contribution in [1.29, 1.82) is 0 Å². The molecule has 0 aliphatic carbocycles. The summed E-state index contributed by atoms with van der Waals surface area (Å²) in [6.45, 7) is 4.86. The number of hydrogen-bond acceptors (Lipinski definition) is 4. The number of rotatable bonds is 6. The molecule has 3 aromatic rings. The molecule has 130 valence electrons. The van der Waals surface area contributed by atoms with Crippen LogP contribution in [0.4, 0.5) is 0 Å². The van der Waals surface area contributed by atoms with Gasteiger partial charge in [0.1, 0.15) is 5.82 Å². The number of nitrogens with one attached hydrogen (secondary N) is 1. The van der Waals surface area contributed by atoms with Gasteiger partial charge in [-0.2, -0.15) is 0 Å². The van der Waals surface area contributed by atoms with Gasteiger partial charge in [0.05, 0.1) is 34.3 Å². The van der Waals surface area contributed by atoms with Gasteiger partial charge in [0, 0.05) is 5.56 Å². The molecule has 0 fully saturated rings. The van der Waals surface area contributed by atoms with Crippen LogP contribution < -0.4 is 9.47 Å². The highest BCUT2D eigenvalue weighted by Crippen LogP contribution is 2.39. The van der Waals surface area contributed by atoms with Crippen LogP contribution in [0.25, 0.3) is 22.4 Å². The van der Waals surface area contributed by atoms with Crippen LogP contribution in [-0.2, 0) is 0 Å². The fraction of sp³-hybridized carbons (Fsp3) is 0.222. The highest BCUT2D eigenvalue weighted by Gasteiger charge is 2.15. The second kappa shape index (κ2) is 7.14. The highest BCUT2D eigenvalue weighted by atomic mass is 79.9. The SMILES string of the molecule is CCOc1cc(-c2nc3ccc(C(=O)O)cc3[nH]2)cc(Br)c1OCC. The van der Waals surface area contributed by atoms with E-state index in [0.29, 0.717) is 41.6 Å². The van der Waals surface area contributed by atoms with Crippen LogP contribution in [0.5, 0.6) is 11.5 Å². The Morgan fingerprint density at radius 2 is 1.96 bits per heavy atom. The van der Waals surface area contributed by atoms with Crippen molar-refractivity contribution < 1.29 is 19.4 Å². The van der Waals surface area contributed by atoms with Crippen molar-refractivity contribution >= 4 is 32.9 Å². The first-order chi connectivity index (χ1) is 12.0. The molecular weight excluding hydrogens is 388 g/mol. The maximum absolute atomic E-state index is 11.1. The first-order valence-electron chi connectivity index (χ1n) is 7.86. The summed E-state index contributed by atoms with van der Waals surface area (Å²) in [6, 6.07) is 8.54. The first-order valence-corrected chi connectivity index (χ1v) is 8.65. The molecule has 6 nitrogen and oxygen atoms in total. The van der Waals surface area contributed by atoms with E-state index in [9.17, 15) is 4.79 Å². The van der Waals surface area contributed by atoms with E-state index in [2.05, 4.69) is 25.9 Å². The second-order valence-electron chi connectivity index (χ2n) is 5.27. The number of imidazole rings is 1. The Bertz CT molecular complexity index is 936. The predicted octanol–water partition coefficient (Wildman–Crippen LogP) is 4.49. The average Bonchev–Trinajstić information content (AvgIpc) is 3.01. The topological polar surface area (TPSA) is 84.4 Å². The van der Waals surface area contributed by atoms with Crippen molar-refractivity contribution in [1.82, 2.24) is 9.97 Å². The van der Waals surface area contributed by atoms with Crippen LogP contribution in [0, 0.1) is 0 Å². The number of aromatic carboxylic acids is 1. The zero-order valence-corrected chi connectivity index (χ0v) is 15.4. The lowest BCUT2D eigenvalue weighted by atomic mass is 10.2. The summed E-state index contributed by atoms with van der Waals surface area (Å²) in [5.41, 5.74) is 2.39. The number of carbonyl (C=O) groups is 1. The number of fused-ring (bicyclic) bond motifs is 1. The minimum atomic E-state index is -0.972. The Labute approximate surface area is 152 Å². The van der Waals surface area contributed by atoms with Crippen LogP contribution >= 0.6 is 15.9 Å². The molecule has 0 spiro atoms. The van der Waals surface area contributed by atoms with E-state index < -0.39 is 5.97 Å². The quantitative estimate of drug-likeness (QED) is 0.632. The average molecular weight is 405 g/mol. The van der Waals surface area contributed by atoms with Crippen molar-refractivity contribution in [3.05, 3.63) is 40.4 Å². The minimum Gasteiger partial charge on any atom is -0.490 e. The molecule has 1 aromatic heterocycles. The number of H-pyrrole nitrogens is 1. The molecule has 0 bridgehead atoms. The lowest BCUT2D eigenvalue weighted by Gasteiger charge is -2.13. The molecule has 0 saturated heterocycles. The Kier molecular flexibility index (Phi) is 4.94. The van der Waals surface area contributed by atoms with E-state index in [1.807, 2.05) is 26.0 Å². The fourth-order valence-corrected chi connectivity index (χ4v) is 3.09. The molecule has 7 heteroatoms. The number of ether oxygens (including phenoxy) is 2. The largest absolute Gasteiger partial charge is 0.490 e. The smallest absolute Gasteiger partial charge is 0.335 e. The molecule has 1 heterocycles. The summed E-state index contributed by atoms with van der Waals surface area (Å²) in [5, 5.41) is 9.11. The summed E-state index contributed by atoms with van der Waals surface area (Å²) in [7, 11) is 0. The number of benzene rings is 2. The number of nitrogens with zero attached hydrogens (tertiary/aromatic N) is 1. The summed E-state index contributed by atoms with van der Waals surface area (Å²) < 4.78 is 12.1. The van der Waals surface area contributed by atoms with E-state index in [1.54, 1.807) is 12.1 Å². The van der Waals surface area contributed by atoms with Crippen molar-refractivity contribution in [3.8, 4) is 22.9 Å². The van der Waals surface area contributed by atoms with Gasteiger partial charge in [-0.15, -0.1) is 0 Å². The number of hydrogen-bond donors (Lipinski definition) is 2. The highest BCUT2D eigenvalue weighted by molar-refractivity contribution is 9.10. The molecule has 2 aromatic carbocycles. The van der Waals surface area contributed by atoms with Gasteiger partial charge in [-0.1, -0.05) is 0 Å². The molecule has 3 rings (SSSR count). The number of aromatic amines is 1. The normalized spacial score (nSPS) is 10.8. The lowest BCUT2D eigenvalue weighted by Crippen LogP contribution is -2.00. The zero-order chi connectivity index (χ0) is 18.0. The summed E-state index contributed by atoms with van der Waals surface area (Å²) in [6.07, 6.45) is 0. The van der Waals surface area contributed by atoms with Crippen molar-refractivity contribution in [2.24, 2.45) is 0 Å². The van der Waals surface area contributed by atoms with Gasteiger partial charge in [-0.05, 0) is 60.1 Å². The van der Waals surface area contributed by atoms with Gasteiger partial charge in [0.15, 0.2) is 11.5 Å². The maximum Gasteiger partial charge on any atom is 0.335 e. The van der Waals surface area contributed by atoms with Crippen LogP contribution in [0.2, 0.25) is 0 Å². The molecule has 0 radical (unpaired) electrons. The number of carboxylic acids is 1. The van der Waals surface area contributed by atoms with Crippen molar-refractivity contribution in [3.63, 3.8) is 0 Å². The fourth-order valence-electron chi connectivity index (χ4n) is 2.53. The van der Waals surface area contributed by atoms with E-state index >= 15 is 0 Å². The Balaban J connectivity index is 2.09. The van der Waals surface area contributed by atoms with Crippen LogP contribution in [0.3, 0.4) is 0 Å². The van der Waals surface area contributed by atoms with Gasteiger partial charge in [0.2, 0.25) is 0 Å². The third-order valence-electron chi connectivity index (χ3n) is 3.60. The Hall–Kier alpha value is -2.54. The summed E-state index contributed by atoms with van der Waals surface area (Å²) >= 11 is 3.52. The predicted molar refractivity (Wildman–Crippen MR) is 98.5 cm³/mol. The third-order valence-corrected chi connectivity index (χ3v) is 4.19. The molecule has 0 unspecified atom stereocenters. The molecule has 2 N–H and O–H groups in total. The van der Waals surface area contributed by atoms with Crippen LogP contribution in [0.1, 0.15) is 24.2 Å². The van der Waals surface area contributed by atoms with E-state index in [1.165, 1.54) is 6.07 Å². The van der Waals surface area contributed by atoms with Gasteiger partial charge < -0.3 is 19.6 Å². The summed E-state index contributed by atoms with van der Waals surface area (Å²) in [5.74, 6) is 0.931. The second-order valence-corrected chi connectivity index (χ2v) is 6.13. The number of halogens is 1. The van der Waals surface area contributed by atoms with Gasteiger partial charge in [-0.25, -0.2) is 9.78 Å². The van der Waals surface area contributed by atoms with Crippen LogP contribution in [-0.4, -0.2) is 34.3 Å². The molecular formula is C18H17BrN2O4. The standard InChI is InChI=1S/C18H17BrN2O4/c1-3-24-15-9-11(7-12(19)16(15)25-4-2)17-20-13-6-5-10(18(22)23)8-14(13)21-17/h5-9H,3-4H2,1-2H3,(H,20,21)(H,22,23). The first kappa shape index (κ1) is 17.3. The van der Waals surface area contributed by atoms with E-state index in [4.69, 9.17) is 14.6 Å². The minimum absolute atomic E-state index is 0.213. The Morgan fingerprint density at radius 3 is 2.64 bits per heavy atom. The molecule has 0 saturated carbocycles. The zero-order valence-electron chi connectivity index (χ0n) is 13.8. The molecule has 0 amide bonds. The lowest BCUT2D eigenvalue weighted by molar-refractivity contribution is 0.0697. The van der Waals surface area contributed by atoms with Gasteiger partial charge in [0.25, 0.3) is 0 Å². The van der Waals surface area contributed by atoms with Crippen molar-refractivity contribution in [2.75, 3.05) is 13.2 Å².